The second-order valence-electron chi connectivity index (χ2n) is 6.92. The van der Waals surface area contributed by atoms with Gasteiger partial charge in [0, 0.05) is 10.7 Å². The highest BCUT2D eigenvalue weighted by Gasteiger charge is 2.51. The lowest BCUT2D eigenvalue weighted by Crippen LogP contribution is -2.41. The van der Waals surface area contributed by atoms with Crippen LogP contribution >= 0.6 is 11.3 Å². The number of fused-ring (bicyclic) bond motifs is 1. The number of rotatable bonds is 5. The van der Waals surface area contributed by atoms with Crippen molar-refractivity contribution in [3.05, 3.63) is 70.9 Å². The maximum Gasteiger partial charge on any atom is 0.230 e. The Morgan fingerprint density at radius 3 is 2.64 bits per heavy atom. The van der Waals surface area contributed by atoms with Gasteiger partial charge >= 0.3 is 0 Å². The van der Waals surface area contributed by atoms with E-state index in [2.05, 4.69) is 28.9 Å². The van der Waals surface area contributed by atoms with Gasteiger partial charge in [0.1, 0.15) is 5.82 Å². The first-order valence-electron chi connectivity index (χ1n) is 8.61. The van der Waals surface area contributed by atoms with Crippen LogP contribution in [0.4, 0.5) is 4.39 Å². The van der Waals surface area contributed by atoms with Gasteiger partial charge < -0.3 is 5.32 Å². The maximum absolute atomic E-state index is 13.1. The van der Waals surface area contributed by atoms with Crippen molar-refractivity contribution in [1.82, 2.24) is 5.32 Å². The van der Waals surface area contributed by atoms with Gasteiger partial charge in [-0.1, -0.05) is 30.3 Å². The fourth-order valence-electron chi connectivity index (χ4n) is 3.47. The third kappa shape index (κ3) is 3.07. The van der Waals surface area contributed by atoms with Crippen molar-refractivity contribution in [2.45, 2.75) is 37.6 Å². The van der Waals surface area contributed by atoms with E-state index >= 15 is 0 Å². The summed E-state index contributed by atoms with van der Waals surface area (Å²) in [6, 6.07) is 14.8. The first-order valence-corrected chi connectivity index (χ1v) is 9.48. The van der Waals surface area contributed by atoms with Crippen molar-refractivity contribution in [2.24, 2.45) is 0 Å². The maximum atomic E-state index is 13.1. The van der Waals surface area contributed by atoms with Gasteiger partial charge in [0.25, 0.3) is 0 Å². The van der Waals surface area contributed by atoms with Gasteiger partial charge in [-0.25, -0.2) is 4.39 Å². The van der Waals surface area contributed by atoms with E-state index in [0.717, 1.165) is 24.8 Å². The van der Waals surface area contributed by atoms with Crippen LogP contribution in [-0.2, 0) is 16.6 Å². The highest BCUT2D eigenvalue weighted by atomic mass is 32.1. The van der Waals surface area contributed by atoms with Crippen molar-refractivity contribution >= 4 is 27.3 Å². The number of benzene rings is 2. The lowest BCUT2D eigenvalue weighted by molar-refractivity contribution is -0.124. The van der Waals surface area contributed by atoms with Crippen molar-refractivity contribution in [2.75, 3.05) is 0 Å². The molecule has 25 heavy (non-hydrogen) atoms. The summed E-state index contributed by atoms with van der Waals surface area (Å²) in [5, 5.41) is 6.62. The molecule has 1 aromatic heterocycles. The first-order chi connectivity index (χ1) is 12.1. The average Bonchev–Trinajstić information content (AvgIpc) is 3.33. The fraction of sp³-hybridized carbons (Fsp3) is 0.286. The summed E-state index contributed by atoms with van der Waals surface area (Å²) >= 11 is 1.74. The zero-order valence-electron chi connectivity index (χ0n) is 14.1. The van der Waals surface area contributed by atoms with Crippen LogP contribution in [0.25, 0.3) is 10.1 Å². The van der Waals surface area contributed by atoms with E-state index in [1.165, 1.54) is 27.8 Å². The molecule has 2 nitrogen and oxygen atoms in total. The fourth-order valence-corrected chi connectivity index (χ4v) is 4.45. The monoisotopic (exact) mass is 353 g/mol. The molecule has 3 aromatic rings. The normalized spacial score (nSPS) is 16.6. The van der Waals surface area contributed by atoms with Gasteiger partial charge in [-0.05, 0) is 66.3 Å². The van der Waals surface area contributed by atoms with E-state index in [-0.39, 0.29) is 17.8 Å². The van der Waals surface area contributed by atoms with Crippen LogP contribution in [-0.4, -0.2) is 11.9 Å². The quantitative estimate of drug-likeness (QED) is 0.700. The van der Waals surface area contributed by atoms with Gasteiger partial charge in [0.2, 0.25) is 5.91 Å². The number of carbonyl (C=O) groups excluding carboxylic acids is 1. The van der Waals surface area contributed by atoms with Crippen molar-refractivity contribution in [3.8, 4) is 0 Å². The van der Waals surface area contributed by atoms with Crippen LogP contribution in [0.2, 0.25) is 0 Å². The van der Waals surface area contributed by atoms with Crippen LogP contribution in [0.3, 0.4) is 0 Å². The molecule has 1 heterocycles. The van der Waals surface area contributed by atoms with Crippen LogP contribution < -0.4 is 5.32 Å². The minimum absolute atomic E-state index is 0.0587. The van der Waals surface area contributed by atoms with E-state index in [4.69, 9.17) is 0 Å². The Kier molecular flexibility index (Phi) is 4.08. The molecular weight excluding hydrogens is 333 g/mol. The summed E-state index contributed by atoms with van der Waals surface area (Å²) in [6.45, 7) is 2.05. The van der Waals surface area contributed by atoms with Gasteiger partial charge in [0.15, 0.2) is 0 Å². The molecule has 0 radical (unpaired) electrons. The van der Waals surface area contributed by atoms with Gasteiger partial charge in [0.05, 0.1) is 5.41 Å². The minimum atomic E-state index is -0.460. The molecule has 1 N–H and O–H groups in total. The summed E-state index contributed by atoms with van der Waals surface area (Å²) in [5.41, 5.74) is 1.73. The molecule has 1 atom stereocenters. The van der Waals surface area contributed by atoms with Crippen LogP contribution in [0.15, 0.2) is 53.9 Å². The highest BCUT2D eigenvalue weighted by Crippen LogP contribution is 2.48. The van der Waals surface area contributed by atoms with Gasteiger partial charge in [-0.2, -0.15) is 0 Å². The second kappa shape index (κ2) is 6.26. The van der Waals surface area contributed by atoms with Crippen LogP contribution in [0.5, 0.6) is 0 Å². The molecule has 4 heteroatoms. The number of halogens is 1. The molecule has 0 aliphatic heterocycles. The molecule has 1 amide bonds. The summed E-state index contributed by atoms with van der Waals surface area (Å²) in [4.78, 5) is 12.8. The predicted octanol–water partition coefficient (Wildman–Crippen LogP) is 4.82. The standard InChI is InChI=1S/C21H20FNOS/c1-14(12-15-13-25-19-5-3-2-4-18(15)19)23-20(24)21(10-11-21)16-6-8-17(22)9-7-16/h2-9,13-14H,10-12H2,1H3,(H,23,24). The lowest BCUT2D eigenvalue weighted by atomic mass is 9.94. The molecule has 1 unspecified atom stereocenters. The Morgan fingerprint density at radius 1 is 1.20 bits per heavy atom. The Balaban J connectivity index is 1.46. The number of carbonyl (C=O) groups is 1. The SMILES string of the molecule is CC(Cc1csc2ccccc12)NC(=O)C1(c2ccc(F)cc2)CC1. The van der Waals surface area contributed by atoms with Crippen LogP contribution in [0.1, 0.15) is 30.9 Å². The van der Waals surface area contributed by atoms with Crippen molar-refractivity contribution in [3.63, 3.8) is 0 Å². The molecule has 0 saturated heterocycles. The van der Waals surface area contributed by atoms with Crippen molar-refractivity contribution < 1.29 is 9.18 Å². The summed E-state index contributed by atoms with van der Waals surface area (Å²) in [6.07, 6.45) is 2.48. The van der Waals surface area contributed by atoms with E-state index in [9.17, 15) is 9.18 Å². The lowest BCUT2D eigenvalue weighted by Gasteiger charge is -2.20. The second-order valence-corrected chi connectivity index (χ2v) is 7.84. The van der Waals surface area contributed by atoms with Crippen LogP contribution in [0, 0.1) is 5.82 Å². The Morgan fingerprint density at radius 2 is 1.92 bits per heavy atom. The highest BCUT2D eigenvalue weighted by molar-refractivity contribution is 7.17. The van der Waals surface area contributed by atoms with E-state index in [1.54, 1.807) is 23.5 Å². The number of nitrogens with one attached hydrogen (secondary N) is 1. The number of amides is 1. The number of thiophene rings is 1. The minimum Gasteiger partial charge on any atom is -0.353 e. The number of hydrogen-bond donors (Lipinski definition) is 1. The zero-order valence-corrected chi connectivity index (χ0v) is 14.9. The molecule has 128 valence electrons. The Labute approximate surface area is 150 Å². The molecule has 0 bridgehead atoms. The van der Waals surface area contributed by atoms with Gasteiger partial charge in [-0.3, -0.25) is 4.79 Å². The molecular formula is C21H20FNOS. The summed E-state index contributed by atoms with van der Waals surface area (Å²) < 4.78 is 14.4. The smallest absolute Gasteiger partial charge is 0.230 e. The van der Waals surface area contributed by atoms with E-state index < -0.39 is 5.41 Å². The third-order valence-corrected chi connectivity index (χ3v) is 6.06. The first kappa shape index (κ1) is 16.3. The van der Waals surface area contributed by atoms with E-state index in [1.807, 2.05) is 13.0 Å². The molecule has 0 spiro atoms. The van der Waals surface area contributed by atoms with E-state index in [0.29, 0.717) is 0 Å². The molecule has 2 aromatic carbocycles. The molecule has 1 aliphatic rings. The largest absolute Gasteiger partial charge is 0.353 e. The molecule has 1 aliphatic carbocycles. The van der Waals surface area contributed by atoms with Crippen molar-refractivity contribution in [1.29, 1.82) is 0 Å². The Bertz CT molecular complexity index is 911. The predicted molar refractivity (Wildman–Crippen MR) is 100 cm³/mol. The topological polar surface area (TPSA) is 29.1 Å². The molecule has 1 fully saturated rings. The Hall–Kier alpha value is -2.20. The molecule has 1 saturated carbocycles. The van der Waals surface area contributed by atoms with Gasteiger partial charge in [-0.15, -0.1) is 11.3 Å². The summed E-state index contributed by atoms with van der Waals surface area (Å²) in [5.74, 6) is -0.205. The third-order valence-electron chi connectivity index (χ3n) is 5.05. The molecule has 4 rings (SSSR count). The number of hydrogen-bond acceptors (Lipinski definition) is 2. The average molecular weight is 353 g/mol. The zero-order chi connectivity index (χ0) is 17.4. The summed E-state index contributed by atoms with van der Waals surface area (Å²) in [7, 11) is 0.